The van der Waals surface area contributed by atoms with Gasteiger partial charge in [-0.05, 0) is 68.7 Å². The Hall–Kier alpha value is -4.14. The number of pyridine rings is 1. The molecule has 0 spiro atoms. The summed E-state index contributed by atoms with van der Waals surface area (Å²) in [6, 6.07) is 15.0. The van der Waals surface area contributed by atoms with E-state index in [-0.39, 0.29) is 11.8 Å². The van der Waals surface area contributed by atoms with Gasteiger partial charge in [0.2, 0.25) is 5.91 Å². The number of nitrogens with two attached hydrogens (primary N) is 1. The van der Waals surface area contributed by atoms with Crippen LogP contribution in [0.15, 0.2) is 60.8 Å². The van der Waals surface area contributed by atoms with Crippen molar-refractivity contribution in [3.05, 3.63) is 71.9 Å². The number of likely N-dealkylation sites (tertiary alicyclic amines) is 1. The van der Waals surface area contributed by atoms with Crippen molar-refractivity contribution < 1.29 is 19.1 Å². The molecular weight excluding hydrogens is 482 g/mol. The Morgan fingerprint density at radius 2 is 1.87 bits per heavy atom. The summed E-state index contributed by atoms with van der Waals surface area (Å²) in [5.41, 5.74) is 6.77. The van der Waals surface area contributed by atoms with Gasteiger partial charge in [-0.25, -0.2) is 9.78 Å². The second kappa shape index (κ2) is 11.5. The van der Waals surface area contributed by atoms with E-state index >= 15 is 0 Å². The highest BCUT2D eigenvalue weighted by Crippen LogP contribution is 2.25. The van der Waals surface area contributed by atoms with E-state index in [4.69, 9.17) is 10.5 Å². The third-order valence-electron chi connectivity index (χ3n) is 6.46. The number of hydrogen-bond donors (Lipinski definition) is 3. The first kappa shape index (κ1) is 26.9. The fourth-order valence-corrected chi connectivity index (χ4v) is 4.66. The molecular formula is C29H35N5O4. The van der Waals surface area contributed by atoms with E-state index < -0.39 is 23.8 Å². The molecule has 1 aliphatic heterocycles. The first-order valence-electron chi connectivity index (χ1n) is 12.9. The Bertz CT molecular complexity index is 1310. The highest BCUT2D eigenvalue weighted by Gasteiger charge is 2.37. The third kappa shape index (κ3) is 6.59. The van der Waals surface area contributed by atoms with Crippen LogP contribution < -0.4 is 16.4 Å². The van der Waals surface area contributed by atoms with Gasteiger partial charge in [0.1, 0.15) is 23.5 Å². The van der Waals surface area contributed by atoms with Crippen LogP contribution in [0.1, 0.15) is 57.2 Å². The van der Waals surface area contributed by atoms with Crippen molar-refractivity contribution in [3.63, 3.8) is 0 Å². The summed E-state index contributed by atoms with van der Waals surface area (Å²) in [4.78, 5) is 45.5. The van der Waals surface area contributed by atoms with E-state index in [1.54, 1.807) is 56.1 Å². The lowest BCUT2D eigenvalue weighted by Gasteiger charge is -2.37. The van der Waals surface area contributed by atoms with Crippen molar-refractivity contribution in [2.75, 3.05) is 12.3 Å². The topological polar surface area (TPSA) is 127 Å². The quantitative estimate of drug-likeness (QED) is 0.452. The second-order valence-electron chi connectivity index (χ2n) is 10.5. The van der Waals surface area contributed by atoms with Crippen LogP contribution in [0.5, 0.6) is 0 Å². The highest BCUT2D eigenvalue weighted by atomic mass is 16.6. The van der Waals surface area contributed by atoms with Crippen LogP contribution in [0.25, 0.3) is 10.8 Å². The largest absolute Gasteiger partial charge is 0.444 e. The van der Waals surface area contributed by atoms with E-state index in [0.717, 1.165) is 29.2 Å². The Labute approximate surface area is 222 Å². The SMILES string of the molecule is CC(C)(C)OC(=O)NC(C(=O)N1CCCCC1C(=O)NCc1ccc2c(N)nccc2c1)c1ccccc1. The van der Waals surface area contributed by atoms with Crippen LogP contribution in [0.3, 0.4) is 0 Å². The molecule has 38 heavy (non-hydrogen) atoms. The smallest absolute Gasteiger partial charge is 0.408 e. The number of rotatable bonds is 6. The van der Waals surface area contributed by atoms with Crippen LogP contribution in [0.2, 0.25) is 0 Å². The molecule has 1 saturated heterocycles. The minimum absolute atomic E-state index is 0.225. The number of anilines is 1. The highest BCUT2D eigenvalue weighted by molar-refractivity contribution is 5.93. The van der Waals surface area contributed by atoms with Crippen molar-refractivity contribution >= 4 is 34.5 Å². The van der Waals surface area contributed by atoms with Crippen LogP contribution in [-0.2, 0) is 20.9 Å². The van der Waals surface area contributed by atoms with Gasteiger partial charge in [0.15, 0.2) is 0 Å². The number of fused-ring (bicyclic) bond motifs is 1. The summed E-state index contributed by atoms with van der Waals surface area (Å²) in [5, 5.41) is 7.52. The summed E-state index contributed by atoms with van der Waals surface area (Å²) < 4.78 is 5.42. The molecule has 3 amide bonds. The zero-order valence-corrected chi connectivity index (χ0v) is 22.1. The number of benzene rings is 2. The van der Waals surface area contributed by atoms with Crippen molar-refractivity contribution in [2.24, 2.45) is 0 Å². The van der Waals surface area contributed by atoms with Gasteiger partial charge in [-0.1, -0.05) is 42.5 Å². The summed E-state index contributed by atoms with van der Waals surface area (Å²) in [5.74, 6) is -0.102. The Kier molecular flexibility index (Phi) is 8.14. The second-order valence-corrected chi connectivity index (χ2v) is 10.5. The summed E-state index contributed by atoms with van der Waals surface area (Å²) >= 11 is 0. The van der Waals surface area contributed by atoms with E-state index in [0.29, 0.717) is 30.9 Å². The van der Waals surface area contributed by atoms with Gasteiger partial charge in [-0.15, -0.1) is 0 Å². The Morgan fingerprint density at radius 1 is 1.11 bits per heavy atom. The molecule has 9 heteroatoms. The molecule has 1 fully saturated rings. The standard InChI is InChI=1S/C29H35N5O4/c1-29(2,3)38-28(37)33-24(20-9-5-4-6-10-20)27(36)34-16-8-7-11-23(34)26(35)32-18-19-12-13-22-21(17-19)14-15-31-25(22)30/h4-6,9-10,12-15,17,23-24H,7-8,11,16,18H2,1-3H3,(H2,30,31)(H,32,35)(H,33,37). The number of ether oxygens (including phenoxy) is 1. The van der Waals surface area contributed by atoms with Crippen molar-refractivity contribution in [3.8, 4) is 0 Å². The fraction of sp³-hybridized carbons (Fsp3) is 0.379. The van der Waals surface area contributed by atoms with Crippen molar-refractivity contribution in [1.29, 1.82) is 0 Å². The molecule has 2 heterocycles. The molecule has 200 valence electrons. The summed E-state index contributed by atoms with van der Waals surface area (Å²) in [7, 11) is 0. The number of carbonyl (C=O) groups excluding carboxylic acids is 3. The zero-order valence-electron chi connectivity index (χ0n) is 22.1. The number of nitrogens with one attached hydrogen (secondary N) is 2. The van der Waals surface area contributed by atoms with Crippen molar-refractivity contribution in [1.82, 2.24) is 20.5 Å². The molecule has 1 aliphatic rings. The first-order chi connectivity index (χ1) is 18.1. The number of carbonyl (C=O) groups is 3. The maximum Gasteiger partial charge on any atom is 0.408 e. The predicted octanol–water partition coefficient (Wildman–Crippen LogP) is 4.08. The van der Waals surface area contributed by atoms with Gasteiger partial charge in [0.05, 0.1) is 0 Å². The normalized spacial score (nSPS) is 16.5. The molecule has 4 rings (SSSR count). The summed E-state index contributed by atoms with van der Waals surface area (Å²) in [6.45, 7) is 6.03. The average Bonchev–Trinajstić information content (AvgIpc) is 2.89. The van der Waals surface area contributed by atoms with Crippen LogP contribution in [0, 0.1) is 0 Å². The van der Waals surface area contributed by atoms with Gasteiger partial charge >= 0.3 is 6.09 Å². The fourth-order valence-electron chi connectivity index (χ4n) is 4.66. The third-order valence-corrected chi connectivity index (χ3v) is 6.46. The molecule has 0 aliphatic carbocycles. The molecule has 1 aromatic heterocycles. The lowest BCUT2D eigenvalue weighted by molar-refractivity contribution is -0.144. The van der Waals surface area contributed by atoms with Gasteiger partial charge < -0.3 is 26.0 Å². The van der Waals surface area contributed by atoms with Gasteiger partial charge in [0.25, 0.3) is 5.91 Å². The lowest BCUT2D eigenvalue weighted by atomic mass is 9.98. The number of nitrogen functional groups attached to an aromatic ring is 1. The van der Waals surface area contributed by atoms with Gasteiger partial charge in [-0.3, -0.25) is 9.59 Å². The number of nitrogens with zero attached hydrogens (tertiary/aromatic N) is 2. The van der Waals surface area contributed by atoms with E-state index in [2.05, 4.69) is 15.6 Å². The number of alkyl carbamates (subject to hydrolysis) is 1. The lowest BCUT2D eigenvalue weighted by Crippen LogP contribution is -2.55. The summed E-state index contributed by atoms with van der Waals surface area (Å²) in [6.07, 6.45) is 3.12. The van der Waals surface area contributed by atoms with E-state index in [1.807, 2.05) is 30.3 Å². The molecule has 0 radical (unpaired) electrons. The van der Waals surface area contributed by atoms with E-state index in [9.17, 15) is 14.4 Å². The maximum atomic E-state index is 13.8. The monoisotopic (exact) mass is 517 g/mol. The van der Waals surface area contributed by atoms with Gasteiger partial charge in [-0.2, -0.15) is 0 Å². The molecule has 2 unspecified atom stereocenters. The van der Waals surface area contributed by atoms with E-state index in [1.165, 1.54) is 0 Å². The molecule has 9 nitrogen and oxygen atoms in total. The molecule has 2 aromatic carbocycles. The maximum absolute atomic E-state index is 13.8. The Morgan fingerprint density at radius 3 is 2.61 bits per heavy atom. The number of aromatic nitrogens is 1. The van der Waals surface area contributed by atoms with Crippen LogP contribution in [0.4, 0.5) is 10.6 Å². The number of amides is 3. The number of piperidine rings is 1. The molecule has 0 bridgehead atoms. The minimum atomic E-state index is -0.973. The first-order valence-corrected chi connectivity index (χ1v) is 12.9. The molecule has 0 saturated carbocycles. The van der Waals surface area contributed by atoms with Gasteiger partial charge in [0, 0.05) is 24.7 Å². The minimum Gasteiger partial charge on any atom is -0.444 e. The van der Waals surface area contributed by atoms with Crippen LogP contribution in [-0.4, -0.2) is 46.0 Å². The zero-order chi connectivity index (χ0) is 27.3. The molecule has 4 N–H and O–H groups in total. The molecule has 3 aromatic rings. The van der Waals surface area contributed by atoms with Crippen molar-refractivity contribution in [2.45, 2.75) is 64.3 Å². The molecule has 2 atom stereocenters. The van der Waals surface area contributed by atoms with Crippen LogP contribution >= 0.6 is 0 Å². The average molecular weight is 518 g/mol. The number of hydrogen-bond acceptors (Lipinski definition) is 6. The predicted molar refractivity (Wildman–Crippen MR) is 146 cm³/mol. The Balaban J connectivity index is 1.49.